The molecule has 1 aliphatic heterocycles. The molecule has 96 valence electrons. The number of hydrogen-bond donors (Lipinski definition) is 0. The van der Waals surface area contributed by atoms with Crippen molar-refractivity contribution >= 4 is 17.6 Å². The van der Waals surface area contributed by atoms with Gasteiger partial charge in [-0.2, -0.15) is 0 Å². The Kier molecular flexibility index (Phi) is 4.20. The van der Waals surface area contributed by atoms with E-state index in [9.17, 15) is 9.18 Å². The standard InChI is InChI=1S/C13H12ClFO3/c14-10-3-1-2-9(8-10)11-4-5-12(18-11)13(16)17-7-6-15/h1-3,5,8,11H,4,6-7H2. The zero-order valence-corrected chi connectivity index (χ0v) is 10.3. The average molecular weight is 271 g/mol. The quantitative estimate of drug-likeness (QED) is 0.788. The van der Waals surface area contributed by atoms with Crippen molar-refractivity contribution < 1.29 is 18.7 Å². The van der Waals surface area contributed by atoms with Crippen LogP contribution >= 0.6 is 11.6 Å². The van der Waals surface area contributed by atoms with Crippen LogP contribution in [0.4, 0.5) is 4.39 Å². The van der Waals surface area contributed by atoms with Crippen LogP contribution in [-0.2, 0) is 14.3 Å². The van der Waals surface area contributed by atoms with Crippen LogP contribution in [-0.4, -0.2) is 19.3 Å². The SMILES string of the molecule is O=C(OCCF)C1=CCC(c2cccc(Cl)c2)O1. The molecule has 18 heavy (non-hydrogen) atoms. The van der Waals surface area contributed by atoms with Gasteiger partial charge in [-0.1, -0.05) is 23.7 Å². The van der Waals surface area contributed by atoms with E-state index in [0.29, 0.717) is 11.4 Å². The smallest absolute Gasteiger partial charge is 0.373 e. The van der Waals surface area contributed by atoms with Gasteiger partial charge in [0.25, 0.3) is 0 Å². The molecule has 1 aromatic carbocycles. The van der Waals surface area contributed by atoms with E-state index in [1.54, 1.807) is 18.2 Å². The summed E-state index contributed by atoms with van der Waals surface area (Å²) in [4.78, 5) is 11.4. The van der Waals surface area contributed by atoms with Gasteiger partial charge in [-0.05, 0) is 23.8 Å². The highest BCUT2D eigenvalue weighted by Crippen LogP contribution is 2.32. The molecule has 1 atom stereocenters. The third-order valence-electron chi connectivity index (χ3n) is 2.52. The fraction of sp³-hybridized carbons (Fsp3) is 0.308. The normalized spacial score (nSPS) is 18.1. The maximum atomic E-state index is 11.9. The van der Waals surface area contributed by atoms with Gasteiger partial charge in [-0.15, -0.1) is 0 Å². The zero-order chi connectivity index (χ0) is 13.0. The Morgan fingerprint density at radius 2 is 2.39 bits per heavy atom. The minimum Gasteiger partial charge on any atom is -0.478 e. The molecule has 1 heterocycles. The summed E-state index contributed by atoms with van der Waals surface area (Å²) < 4.78 is 22.0. The van der Waals surface area contributed by atoms with Gasteiger partial charge in [-0.25, -0.2) is 9.18 Å². The second-order valence-corrected chi connectivity index (χ2v) is 4.23. The molecule has 2 rings (SSSR count). The number of carbonyl (C=O) groups is 1. The topological polar surface area (TPSA) is 35.5 Å². The van der Waals surface area contributed by atoms with Crippen molar-refractivity contribution in [3.63, 3.8) is 0 Å². The highest BCUT2D eigenvalue weighted by atomic mass is 35.5. The van der Waals surface area contributed by atoms with Crippen LogP contribution < -0.4 is 0 Å². The van der Waals surface area contributed by atoms with Crippen molar-refractivity contribution in [2.75, 3.05) is 13.3 Å². The molecule has 0 bridgehead atoms. The molecule has 0 saturated carbocycles. The first-order chi connectivity index (χ1) is 8.70. The second-order valence-electron chi connectivity index (χ2n) is 3.79. The molecule has 0 fully saturated rings. The van der Waals surface area contributed by atoms with Gasteiger partial charge in [0, 0.05) is 11.4 Å². The molecule has 3 nitrogen and oxygen atoms in total. The molecule has 1 aliphatic rings. The van der Waals surface area contributed by atoms with Crippen LogP contribution in [0.5, 0.6) is 0 Å². The monoisotopic (exact) mass is 270 g/mol. The summed E-state index contributed by atoms with van der Waals surface area (Å²) in [7, 11) is 0. The predicted molar refractivity (Wildman–Crippen MR) is 64.9 cm³/mol. The average Bonchev–Trinajstić information content (AvgIpc) is 2.85. The van der Waals surface area contributed by atoms with Crippen LogP contribution in [0.25, 0.3) is 0 Å². The molecule has 0 aliphatic carbocycles. The maximum absolute atomic E-state index is 11.9. The van der Waals surface area contributed by atoms with Gasteiger partial charge in [0.15, 0.2) is 0 Å². The van der Waals surface area contributed by atoms with E-state index in [1.165, 1.54) is 0 Å². The van der Waals surface area contributed by atoms with Gasteiger partial charge < -0.3 is 9.47 Å². The molecule has 5 heteroatoms. The lowest BCUT2D eigenvalue weighted by Gasteiger charge is -2.13. The highest BCUT2D eigenvalue weighted by molar-refractivity contribution is 6.30. The van der Waals surface area contributed by atoms with Crippen LogP contribution in [0.1, 0.15) is 18.1 Å². The van der Waals surface area contributed by atoms with Crippen molar-refractivity contribution in [1.29, 1.82) is 0 Å². The maximum Gasteiger partial charge on any atom is 0.373 e. The van der Waals surface area contributed by atoms with Crippen molar-refractivity contribution in [3.8, 4) is 0 Å². The van der Waals surface area contributed by atoms with Crippen LogP contribution in [0.3, 0.4) is 0 Å². The number of ether oxygens (including phenoxy) is 2. The summed E-state index contributed by atoms with van der Waals surface area (Å²) in [5.74, 6) is -0.495. The lowest BCUT2D eigenvalue weighted by atomic mass is 10.1. The summed E-state index contributed by atoms with van der Waals surface area (Å²) in [6.07, 6.45) is 1.98. The number of halogens is 2. The van der Waals surface area contributed by atoms with E-state index in [1.807, 2.05) is 12.1 Å². The van der Waals surface area contributed by atoms with Crippen LogP contribution in [0.2, 0.25) is 5.02 Å². The Bertz CT molecular complexity index is 473. The number of alkyl halides is 1. The Labute approximate surface area is 109 Å². The summed E-state index contributed by atoms with van der Waals surface area (Å²) in [5.41, 5.74) is 0.895. The Morgan fingerprint density at radius 1 is 1.56 bits per heavy atom. The number of hydrogen-bond acceptors (Lipinski definition) is 3. The van der Waals surface area contributed by atoms with Gasteiger partial charge >= 0.3 is 5.97 Å². The number of rotatable bonds is 4. The largest absolute Gasteiger partial charge is 0.478 e. The van der Waals surface area contributed by atoms with Gasteiger partial charge in [0.05, 0.1) is 0 Å². The van der Waals surface area contributed by atoms with Gasteiger partial charge in [-0.3, -0.25) is 0 Å². The van der Waals surface area contributed by atoms with Crippen LogP contribution in [0, 0.1) is 0 Å². The Balaban J connectivity index is 1.96. The van der Waals surface area contributed by atoms with E-state index in [0.717, 1.165) is 5.56 Å². The zero-order valence-electron chi connectivity index (χ0n) is 9.57. The highest BCUT2D eigenvalue weighted by Gasteiger charge is 2.25. The number of esters is 1. The van der Waals surface area contributed by atoms with Crippen molar-refractivity contribution in [1.82, 2.24) is 0 Å². The molecule has 0 aromatic heterocycles. The molecule has 1 unspecified atom stereocenters. The fourth-order valence-corrected chi connectivity index (χ4v) is 1.91. The Hall–Kier alpha value is -1.55. The minimum atomic E-state index is -0.698. The molecule has 0 amide bonds. The fourth-order valence-electron chi connectivity index (χ4n) is 1.71. The molecule has 0 spiro atoms. The van der Waals surface area contributed by atoms with Gasteiger partial charge in [0.2, 0.25) is 5.76 Å². The minimum absolute atomic E-state index is 0.133. The lowest BCUT2D eigenvalue weighted by Crippen LogP contribution is -2.11. The summed E-state index contributed by atoms with van der Waals surface area (Å²) in [5, 5.41) is 0.615. The predicted octanol–water partition coefficient (Wildman–Crippen LogP) is 3.20. The van der Waals surface area contributed by atoms with Crippen molar-refractivity contribution in [3.05, 3.63) is 46.7 Å². The van der Waals surface area contributed by atoms with Crippen molar-refractivity contribution in [2.45, 2.75) is 12.5 Å². The van der Waals surface area contributed by atoms with E-state index >= 15 is 0 Å². The van der Waals surface area contributed by atoms with Crippen LogP contribution in [0.15, 0.2) is 36.1 Å². The molecule has 0 radical (unpaired) electrons. The summed E-state index contributed by atoms with van der Waals surface area (Å²) in [6, 6.07) is 7.25. The van der Waals surface area contributed by atoms with E-state index in [-0.39, 0.29) is 18.5 Å². The third-order valence-corrected chi connectivity index (χ3v) is 2.75. The molecule has 0 saturated heterocycles. The first-order valence-electron chi connectivity index (χ1n) is 5.56. The third kappa shape index (κ3) is 3.01. The molecular weight excluding hydrogens is 259 g/mol. The Morgan fingerprint density at radius 3 is 3.11 bits per heavy atom. The van der Waals surface area contributed by atoms with E-state index < -0.39 is 12.6 Å². The molecule has 1 aromatic rings. The number of carbonyl (C=O) groups excluding carboxylic acids is 1. The second kappa shape index (κ2) is 5.87. The lowest BCUT2D eigenvalue weighted by molar-refractivity contribution is -0.143. The summed E-state index contributed by atoms with van der Waals surface area (Å²) >= 11 is 5.88. The van der Waals surface area contributed by atoms with E-state index in [4.69, 9.17) is 16.3 Å². The first kappa shape index (κ1) is 12.9. The molecular formula is C13H12ClFO3. The number of benzene rings is 1. The summed E-state index contributed by atoms with van der Waals surface area (Å²) in [6.45, 7) is -0.946. The molecule has 0 N–H and O–H groups in total. The first-order valence-corrected chi connectivity index (χ1v) is 5.94. The van der Waals surface area contributed by atoms with Gasteiger partial charge in [0.1, 0.15) is 19.4 Å². The van der Waals surface area contributed by atoms with E-state index in [2.05, 4.69) is 4.74 Å². The van der Waals surface area contributed by atoms with Crippen molar-refractivity contribution in [2.24, 2.45) is 0 Å².